The normalized spacial score (nSPS) is 17.7. The van der Waals surface area contributed by atoms with E-state index in [1.54, 1.807) is 0 Å². The molecular formula is C15H17ClN2. The van der Waals surface area contributed by atoms with Crippen molar-refractivity contribution in [3.63, 3.8) is 0 Å². The third-order valence-corrected chi connectivity index (χ3v) is 4.30. The third-order valence-electron chi connectivity index (χ3n) is 4.07. The van der Waals surface area contributed by atoms with Crippen molar-refractivity contribution in [2.24, 2.45) is 11.7 Å². The molecule has 1 unspecified atom stereocenters. The van der Waals surface area contributed by atoms with E-state index < -0.39 is 0 Å². The first-order valence-corrected chi connectivity index (χ1v) is 6.91. The van der Waals surface area contributed by atoms with Crippen LogP contribution in [0.15, 0.2) is 30.5 Å². The molecule has 3 rings (SSSR count). The number of hydrogen-bond donors (Lipinski definition) is 1. The molecule has 94 valence electrons. The molecule has 1 aromatic heterocycles. The van der Waals surface area contributed by atoms with Gasteiger partial charge in [0.1, 0.15) is 0 Å². The van der Waals surface area contributed by atoms with Crippen LogP contribution in [0.4, 0.5) is 0 Å². The largest absolute Gasteiger partial charge is 0.330 e. The average molecular weight is 261 g/mol. The summed E-state index contributed by atoms with van der Waals surface area (Å²) in [6.07, 6.45) is 5.92. The van der Waals surface area contributed by atoms with E-state index in [1.165, 1.54) is 24.8 Å². The molecule has 0 aliphatic heterocycles. The Morgan fingerprint density at radius 3 is 2.83 bits per heavy atom. The van der Waals surface area contributed by atoms with E-state index in [0.29, 0.717) is 12.5 Å². The van der Waals surface area contributed by atoms with Crippen molar-refractivity contribution < 1.29 is 0 Å². The molecule has 1 fully saturated rings. The number of halogens is 1. The van der Waals surface area contributed by atoms with Crippen molar-refractivity contribution in [3.05, 3.63) is 41.0 Å². The van der Waals surface area contributed by atoms with Crippen molar-refractivity contribution in [1.82, 2.24) is 4.98 Å². The van der Waals surface area contributed by atoms with Crippen LogP contribution in [0.1, 0.15) is 30.7 Å². The van der Waals surface area contributed by atoms with Crippen LogP contribution < -0.4 is 5.73 Å². The summed E-state index contributed by atoms with van der Waals surface area (Å²) in [5.41, 5.74) is 8.19. The molecule has 0 radical (unpaired) electrons. The number of pyridine rings is 1. The van der Waals surface area contributed by atoms with Crippen LogP contribution in [0.2, 0.25) is 5.02 Å². The molecule has 0 spiro atoms. The van der Waals surface area contributed by atoms with E-state index in [0.717, 1.165) is 21.8 Å². The van der Waals surface area contributed by atoms with Crippen molar-refractivity contribution in [2.45, 2.75) is 25.2 Å². The van der Waals surface area contributed by atoms with Crippen molar-refractivity contribution in [1.29, 1.82) is 0 Å². The molecule has 1 heterocycles. The fraction of sp³-hybridized carbons (Fsp3) is 0.400. The SMILES string of the molecule is NCC(c1cnc2ccc(Cl)cc2c1)C1CCC1. The zero-order valence-electron chi connectivity index (χ0n) is 10.3. The van der Waals surface area contributed by atoms with Gasteiger partial charge in [0.15, 0.2) is 0 Å². The predicted molar refractivity (Wildman–Crippen MR) is 75.9 cm³/mol. The highest BCUT2D eigenvalue weighted by atomic mass is 35.5. The summed E-state index contributed by atoms with van der Waals surface area (Å²) in [5, 5.41) is 1.87. The minimum absolute atomic E-state index is 0.453. The topological polar surface area (TPSA) is 38.9 Å². The lowest BCUT2D eigenvalue weighted by Gasteiger charge is -2.33. The Morgan fingerprint density at radius 2 is 2.17 bits per heavy atom. The monoisotopic (exact) mass is 260 g/mol. The highest BCUT2D eigenvalue weighted by Crippen LogP contribution is 2.39. The van der Waals surface area contributed by atoms with Gasteiger partial charge in [-0.15, -0.1) is 0 Å². The van der Waals surface area contributed by atoms with E-state index in [1.807, 2.05) is 24.4 Å². The summed E-state index contributed by atoms with van der Waals surface area (Å²) in [6, 6.07) is 8.01. The van der Waals surface area contributed by atoms with Crippen LogP contribution in [0, 0.1) is 5.92 Å². The molecule has 0 amide bonds. The first kappa shape index (κ1) is 11.9. The van der Waals surface area contributed by atoms with Gasteiger partial charge in [-0.05, 0) is 55.1 Å². The molecule has 0 saturated heterocycles. The summed E-state index contributed by atoms with van der Waals surface area (Å²) >= 11 is 6.03. The van der Waals surface area contributed by atoms with Gasteiger partial charge < -0.3 is 5.73 Å². The maximum absolute atomic E-state index is 6.03. The minimum Gasteiger partial charge on any atom is -0.330 e. The molecule has 0 bridgehead atoms. The molecule has 3 heteroatoms. The van der Waals surface area contributed by atoms with Crippen LogP contribution in [0.5, 0.6) is 0 Å². The van der Waals surface area contributed by atoms with Crippen LogP contribution in [0.25, 0.3) is 10.9 Å². The average Bonchev–Trinajstić information content (AvgIpc) is 2.32. The van der Waals surface area contributed by atoms with E-state index in [4.69, 9.17) is 17.3 Å². The first-order valence-electron chi connectivity index (χ1n) is 6.53. The maximum atomic E-state index is 6.03. The summed E-state index contributed by atoms with van der Waals surface area (Å²) in [5.74, 6) is 1.20. The van der Waals surface area contributed by atoms with Gasteiger partial charge in [0.2, 0.25) is 0 Å². The molecule has 1 saturated carbocycles. The van der Waals surface area contributed by atoms with E-state index >= 15 is 0 Å². The van der Waals surface area contributed by atoms with Gasteiger partial charge in [0.05, 0.1) is 5.52 Å². The standard InChI is InChI=1S/C15H17ClN2/c16-13-4-5-15-11(7-13)6-12(9-18-15)14(8-17)10-2-1-3-10/h4-7,9-10,14H,1-3,8,17H2. The zero-order valence-corrected chi connectivity index (χ0v) is 11.0. The molecule has 1 atom stereocenters. The number of aromatic nitrogens is 1. The number of hydrogen-bond acceptors (Lipinski definition) is 2. The third kappa shape index (κ3) is 2.11. The Kier molecular flexibility index (Phi) is 3.23. The number of nitrogens with two attached hydrogens (primary N) is 1. The number of rotatable bonds is 3. The highest BCUT2D eigenvalue weighted by Gasteiger charge is 2.27. The van der Waals surface area contributed by atoms with Crippen LogP contribution in [-0.4, -0.2) is 11.5 Å². The van der Waals surface area contributed by atoms with Gasteiger partial charge in [-0.2, -0.15) is 0 Å². The molecular weight excluding hydrogens is 244 g/mol. The van der Waals surface area contributed by atoms with E-state index in [2.05, 4.69) is 11.1 Å². The van der Waals surface area contributed by atoms with Crippen molar-refractivity contribution in [3.8, 4) is 0 Å². The fourth-order valence-corrected chi connectivity index (χ4v) is 2.95. The zero-order chi connectivity index (χ0) is 12.5. The van der Waals surface area contributed by atoms with Crippen molar-refractivity contribution >= 4 is 22.5 Å². The lowest BCUT2D eigenvalue weighted by Crippen LogP contribution is -2.26. The van der Waals surface area contributed by atoms with E-state index in [9.17, 15) is 0 Å². The van der Waals surface area contributed by atoms with Crippen LogP contribution in [0.3, 0.4) is 0 Å². The molecule has 2 aromatic rings. The Hall–Kier alpha value is -1.12. The van der Waals surface area contributed by atoms with Crippen molar-refractivity contribution in [2.75, 3.05) is 6.54 Å². The van der Waals surface area contributed by atoms with Crippen LogP contribution >= 0.6 is 11.6 Å². The molecule has 2 N–H and O–H groups in total. The smallest absolute Gasteiger partial charge is 0.0703 e. The predicted octanol–water partition coefficient (Wildman–Crippen LogP) is 3.73. The lowest BCUT2D eigenvalue weighted by atomic mass is 9.73. The summed E-state index contributed by atoms with van der Waals surface area (Å²) in [6.45, 7) is 0.707. The summed E-state index contributed by atoms with van der Waals surface area (Å²) in [4.78, 5) is 4.52. The van der Waals surface area contributed by atoms with Gasteiger partial charge in [-0.25, -0.2) is 0 Å². The lowest BCUT2D eigenvalue weighted by molar-refractivity contribution is 0.264. The molecule has 1 aliphatic carbocycles. The first-order chi connectivity index (χ1) is 8.78. The van der Waals surface area contributed by atoms with Gasteiger partial charge in [-0.3, -0.25) is 4.98 Å². The van der Waals surface area contributed by atoms with Crippen LogP contribution in [-0.2, 0) is 0 Å². The molecule has 2 nitrogen and oxygen atoms in total. The molecule has 1 aromatic carbocycles. The summed E-state index contributed by atoms with van der Waals surface area (Å²) < 4.78 is 0. The van der Waals surface area contributed by atoms with Gasteiger partial charge in [0.25, 0.3) is 0 Å². The molecule has 1 aliphatic rings. The minimum atomic E-state index is 0.453. The van der Waals surface area contributed by atoms with E-state index in [-0.39, 0.29) is 0 Å². The fourth-order valence-electron chi connectivity index (χ4n) is 2.77. The van der Waals surface area contributed by atoms with Gasteiger partial charge >= 0.3 is 0 Å². The second kappa shape index (κ2) is 4.87. The Balaban J connectivity index is 2.00. The quantitative estimate of drug-likeness (QED) is 0.913. The Labute approximate surface area is 112 Å². The summed E-state index contributed by atoms with van der Waals surface area (Å²) in [7, 11) is 0. The second-order valence-electron chi connectivity index (χ2n) is 5.14. The Bertz CT molecular complexity index is 563. The highest BCUT2D eigenvalue weighted by molar-refractivity contribution is 6.31. The molecule has 18 heavy (non-hydrogen) atoms. The van der Waals surface area contributed by atoms with Gasteiger partial charge in [0, 0.05) is 22.5 Å². The second-order valence-corrected chi connectivity index (χ2v) is 5.58. The Morgan fingerprint density at radius 1 is 1.33 bits per heavy atom. The number of fused-ring (bicyclic) bond motifs is 1. The number of nitrogens with zero attached hydrogens (tertiary/aromatic N) is 1. The van der Waals surface area contributed by atoms with Gasteiger partial charge in [-0.1, -0.05) is 18.0 Å². The number of benzene rings is 1. The maximum Gasteiger partial charge on any atom is 0.0703 e.